The second-order valence-electron chi connectivity index (χ2n) is 6.63. The number of hydrogen-bond acceptors (Lipinski definition) is 2. The van der Waals surface area contributed by atoms with Crippen LogP contribution in [0.5, 0.6) is 0 Å². The van der Waals surface area contributed by atoms with Gasteiger partial charge in [-0.15, -0.1) is 0 Å². The SMILES string of the molecule is O=C(NC1CCN(C(=O)c2ccc(C(F)(F)F)cc2)CC1)c1cccc(F)c1. The number of alkyl halides is 3. The van der Waals surface area contributed by atoms with Crippen molar-refractivity contribution in [2.24, 2.45) is 0 Å². The lowest BCUT2D eigenvalue weighted by atomic mass is 10.0. The third-order valence-electron chi connectivity index (χ3n) is 4.66. The van der Waals surface area contributed by atoms with Crippen molar-refractivity contribution in [2.75, 3.05) is 13.1 Å². The molecule has 2 aromatic carbocycles. The average molecular weight is 394 g/mol. The van der Waals surface area contributed by atoms with E-state index in [4.69, 9.17) is 0 Å². The summed E-state index contributed by atoms with van der Waals surface area (Å²) in [5.41, 5.74) is -0.388. The number of halogens is 4. The van der Waals surface area contributed by atoms with Crippen molar-refractivity contribution in [3.63, 3.8) is 0 Å². The molecule has 0 bridgehead atoms. The number of likely N-dealkylation sites (tertiary alicyclic amines) is 1. The Hall–Kier alpha value is -2.90. The van der Waals surface area contributed by atoms with E-state index in [9.17, 15) is 27.2 Å². The molecular weight excluding hydrogens is 376 g/mol. The number of piperidine rings is 1. The van der Waals surface area contributed by atoms with Gasteiger partial charge in [0.15, 0.2) is 0 Å². The van der Waals surface area contributed by atoms with Gasteiger partial charge in [0.2, 0.25) is 0 Å². The highest BCUT2D eigenvalue weighted by Crippen LogP contribution is 2.29. The van der Waals surface area contributed by atoms with Crippen molar-refractivity contribution in [3.8, 4) is 0 Å². The van der Waals surface area contributed by atoms with Crippen molar-refractivity contribution in [2.45, 2.75) is 25.1 Å². The number of amides is 2. The van der Waals surface area contributed by atoms with Crippen LogP contribution in [0.3, 0.4) is 0 Å². The number of rotatable bonds is 3. The molecule has 1 fully saturated rings. The summed E-state index contributed by atoms with van der Waals surface area (Å²) in [6.45, 7) is 0.738. The van der Waals surface area contributed by atoms with Gasteiger partial charge in [0.05, 0.1) is 5.56 Å². The van der Waals surface area contributed by atoms with Gasteiger partial charge in [0, 0.05) is 30.3 Å². The van der Waals surface area contributed by atoms with E-state index >= 15 is 0 Å². The highest BCUT2D eigenvalue weighted by molar-refractivity contribution is 5.95. The van der Waals surface area contributed by atoms with Gasteiger partial charge in [-0.05, 0) is 55.3 Å². The molecule has 1 aliphatic rings. The molecule has 28 heavy (non-hydrogen) atoms. The maximum atomic E-state index is 13.2. The summed E-state index contributed by atoms with van der Waals surface area (Å²) in [6.07, 6.45) is -3.43. The Balaban J connectivity index is 1.54. The lowest BCUT2D eigenvalue weighted by Crippen LogP contribution is -2.46. The topological polar surface area (TPSA) is 49.4 Å². The average Bonchev–Trinajstić information content (AvgIpc) is 2.67. The minimum atomic E-state index is -4.44. The van der Waals surface area contributed by atoms with Crippen LogP contribution in [0.2, 0.25) is 0 Å². The number of carbonyl (C=O) groups is 2. The summed E-state index contributed by atoms with van der Waals surface area (Å²) < 4.78 is 51.1. The first-order valence-corrected chi connectivity index (χ1v) is 8.77. The summed E-state index contributed by atoms with van der Waals surface area (Å²) in [6, 6.07) is 9.33. The third-order valence-corrected chi connectivity index (χ3v) is 4.66. The fourth-order valence-electron chi connectivity index (χ4n) is 3.11. The second kappa shape index (κ2) is 8.00. The van der Waals surface area contributed by atoms with Gasteiger partial charge in [0.25, 0.3) is 11.8 Å². The van der Waals surface area contributed by atoms with E-state index in [2.05, 4.69) is 5.32 Å². The fraction of sp³-hybridized carbons (Fsp3) is 0.300. The molecule has 2 aromatic rings. The molecule has 0 aliphatic carbocycles. The van der Waals surface area contributed by atoms with Crippen LogP contribution < -0.4 is 5.32 Å². The molecule has 0 aromatic heterocycles. The molecule has 0 saturated carbocycles. The van der Waals surface area contributed by atoms with Crippen LogP contribution in [0.1, 0.15) is 39.1 Å². The molecule has 0 unspecified atom stereocenters. The van der Waals surface area contributed by atoms with Gasteiger partial charge in [-0.25, -0.2) is 4.39 Å². The summed E-state index contributed by atoms with van der Waals surface area (Å²) in [5, 5.41) is 2.82. The Labute approximate surface area is 159 Å². The number of hydrogen-bond donors (Lipinski definition) is 1. The number of benzene rings is 2. The Kier molecular flexibility index (Phi) is 5.67. The van der Waals surface area contributed by atoms with Gasteiger partial charge < -0.3 is 10.2 Å². The van der Waals surface area contributed by atoms with E-state index < -0.39 is 17.6 Å². The molecule has 1 heterocycles. The molecule has 2 amide bonds. The van der Waals surface area contributed by atoms with E-state index in [1.54, 1.807) is 4.90 Å². The Morgan fingerprint density at radius 3 is 2.18 bits per heavy atom. The van der Waals surface area contributed by atoms with E-state index in [0.717, 1.165) is 18.2 Å². The number of nitrogens with zero attached hydrogens (tertiary/aromatic N) is 1. The monoisotopic (exact) mass is 394 g/mol. The Morgan fingerprint density at radius 2 is 1.61 bits per heavy atom. The minimum absolute atomic E-state index is 0.160. The van der Waals surface area contributed by atoms with Gasteiger partial charge in [-0.3, -0.25) is 9.59 Å². The summed E-state index contributed by atoms with van der Waals surface area (Å²) in [4.78, 5) is 26.2. The van der Waals surface area contributed by atoms with Gasteiger partial charge in [-0.2, -0.15) is 13.2 Å². The van der Waals surface area contributed by atoms with Crippen LogP contribution in [0, 0.1) is 5.82 Å². The molecule has 8 heteroatoms. The lowest BCUT2D eigenvalue weighted by molar-refractivity contribution is -0.137. The molecule has 0 atom stereocenters. The standard InChI is InChI=1S/C20H18F4N2O2/c21-16-3-1-2-14(12-16)18(27)25-17-8-10-26(11-9-17)19(28)13-4-6-15(7-5-13)20(22,23)24/h1-7,12,17H,8-11H2,(H,25,27). The van der Waals surface area contributed by atoms with Crippen molar-refractivity contribution >= 4 is 11.8 Å². The van der Waals surface area contributed by atoms with E-state index in [-0.39, 0.29) is 29.0 Å². The molecular formula is C20H18F4N2O2. The Bertz CT molecular complexity index is 857. The van der Waals surface area contributed by atoms with Gasteiger partial charge in [0.1, 0.15) is 5.82 Å². The van der Waals surface area contributed by atoms with Crippen molar-refractivity contribution in [1.29, 1.82) is 0 Å². The molecule has 1 N–H and O–H groups in total. The zero-order valence-electron chi connectivity index (χ0n) is 14.8. The molecule has 0 spiro atoms. The van der Waals surface area contributed by atoms with Crippen LogP contribution in [0.25, 0.3) is 0 Å². The number of carbonyl (C=O) groups excluding carboxylic acids is 2. The highest BCUT2D eigenvalue weighted by Gasteiger charge is 2.31. The maximum Gasteiger partial charge on any atom is 0.416 e. The molecule has 1 aliphatic heterocycles. The summed E-state index contributed by atoms with van der Waals surface area (Å²) in [7, 11) is 0. The molecule has 3 rings (SSSR count). The van der Waals surface area contributed by atoms with Crippen LogP contribution >= 0.6 is 0 Å². The van der Waals surface area contributed by atoms with Crippen LogP contribution in [0.15, 0.2) is 48.5 Å². The second-order valence-corrected chi connectivity index (χ2v) is 6.63. The van der Waals surface area contributed by atoms with Gasteiger partial charge >= 0.3 is 6.18 Å². The van der Waals surface area contributed by atoms with Gasteiger partial charge in [-0.1, -0.05) is 6.07 Å². The fourth-order valence-corrected chi connectivity index (χ4v) is 3.11. The van der Waals surface area contributed by atoms with E-state index in [1.165, 1.54) is 30.3 Å². The van der Waals surface area contributed by atoms with Crippen molar-refractivity contribution < 1.29 is 27.2 Å². The summed E-state index contributed by atoms with van der Waals surface area (Å²) in [5.74, 6) is -1.22. The third kappa shape index (κ3) is 4.68. The molecule has 148 valence electrons. The van der Waals surface area contributed by atoms with Crippen molar-refractivity contribution in [1.82, 2.24) is 10.2 Å². The first-order chi connectivity index (χ1) is 13.2. The predicted octanol–water partition coefficient (Wildman–Crippen LogP) is 3.88. The van der Waals surface area contributed by atoms with Crippen molar-refractivity contribution in [3.05, 3.63) is 71.0 Å². The summed E-state index contributed by atoms with van der Waals surface area (Å²) >= 11 is 0. The zero-order valence-corrected chi connectivity index (χ0v) is 14.8. The first kappa shape index (κ1) is 19.9. The van der Waals surface area contributed by atoms with E-state index in [0.29, 0.717) is 25.9 Å². The zero-order chi connectivity index (χ0) is 20.3. The lowest BCUT2D eigenvalue weighted by Gasteiger charge is -2.32. The van der Waals surface area contributed by atoms with Crippen LogP contribution in [-0.4, -0.2) is 35.8 Å². The molecule has 4 nitrogen and oxygen atoms in total. The maximum absolute atomic E-state index is 13.2. The Morgan fingerprint density at radius 1 is 0.964 bits per heavy atom. The number of nitrogens with one attached hydrogen (secondary N) is 1. The van der Waals surface area contributed by atoms with E-state index in [1.807, 2.05) is 0 Å². The smallest absolute Gasteiger partial charge is 0.349 e. The molecule has 0 radical (unpaired) electrons. The first-order valence-electron chi connectivity index (χ1n) is 8.77. The van der Waals surface area contributed by atoms with Crippen LogP contribution in [0.4, 0.5) is 17.6 Å². The minimum Gasteiger partial charge on any atom is -0.349 e. The predicted molar refractivity (Wildman–Crippen MR) is 94.2 cm³/mol. The molecule has 1 saturated heterocycles. The van der Waals surface area contributed by atoms with Crippen LogP contribution in [-0.2, 0) is 6.18 Å². The normalized spacial score (nSPS) is 15.4. The highest BCUT2D eigenvalue weighted by atomic mass is 19.4. The largest absolute Gasteiger partial charge is 0.416 e. The quantitative estimate of drug-likeness (QED) is 0.804.